The number of carbonyl (C=O) groups excluding carboxylic acids is 1. The lowest BCUT2D eigenvalue weighted by Crippen LogP contribution is -2.03. The Morgan fingerprint density at radius 2 is 1.53 bits per heavy atom. The van der Waals surface area contributed by atoms with E-state index in [1.165, 1.54) is 6.92 Å². The van der Waals surface area contributed by atoms with Crippen LogP contribution < -0.4 is 0 Å². The molecule has 0 spiro atoms. The van der Waals surface area contributed by atoms with Crippen LogP contribution in [-0.4, -0.2) is 48.7 Å². The Labute approximate surface area is 105 Å². The summed E-state index contributed by atoms with van der Waals surface area (Å²) in [4.78, 5) is 10.2. The summed E-state index contributed by atoms with van der Waals surface area (Å²) < 4.78 is 9.39. The van der Waals surface area contributed by atoms with Crippen molar-refractivity contribution in [3.63, 3.8) is 0 Å². The lowest BCUT2D eigenvalue weighted by Gasteiger charge is -1.93. The number of aliphatic hydroxyl groups is 2. The van der Waals surface area contributed by atoms with Crippen LogP contribution in [0.15, 0.2) is 0 Å². The Bertz CT molecular complexity index is 135. The number of rotatable bonds is 5. The van der Waals surface area contributed by atoms with Crippen LogP contribution in [0.3, 0.4) is 0 Å². The molecule has 2 N–H and O–H groups in total. The van der Waals surface area contributed by atoms with Gasteiger partial charge in [0.15, 0.2) is 0 Å². The van der Waals surface area contributed by atoms with Crippen molar-refractivity contribution in [2.24, 2.45) is 0 Å². The van der Waals surface area contributed by atoms with E-state index in [2.05, 4.69) is 4.74 Å². The van der Waals surface area contributed by atoms with Crippen molar-refractivity contribution in [2.75, 3.05) is 26.4 Å². The van der Waals surface area contributed by atoms with Crippen LogP contribution in [0.5, 0.6) is 0 Å². The molecule has 0 aliphatic rings. The summed E-state index contributed by atoms with van der Waals surface area (Å²) in [7, 11) is 0. The molecule has 0 rings (SSSR count). The second-order valence-corrected chi connectivity index (χ2v) is 2.97. The fourth-order valence-electron chi connectivity index (χ4n) is 0.467. The maximum atomic E-state index is 10.2. The summed E-state index contributed by atoms with van der Waals surface area (Å²) in [6.45, 7) is 11.1. The van der Waals surface area contributed by atoms with Crippen LogP contribution in [0.25, 0.3) is 0 Å². The third-order valence-corrected chi connectivity index (χ3v) is 1.27. The largest absolute Gasteiger partial charge is 0.466 e. The van der Waals surface area contributed by atoms with Crippen LogP contribution in [0.2, 0.25) is 0 Å². The summed E-state index contributed by atoms with van der Waals surface area (Å²) in [5.74, 6) is -0.123. The number of hydrogen-bond acceptors (Lipinski definition) is 5. The van der Waals surface area contributed by atoms with Crippen molar-refractivity contribution in [3.05, 3.63) is 0 Å². The Hall–Kier alpha value is -0.650. The van der Waals surface area contributed by atoms with Gasteiger partial charge in [0.1, 0.15) is 0 Å². The molecule has 106 valence electrons. The van der Waals surface area contributed by atoms with E-state index in [1.54, 1.807) is 13.8 Å². The highest BCUT2D eigenvalue weighted by atomic mass is 16.5. The molecule has 0 fully saturated rings. The molecular weight excluding hydrogens is 224 g/mol. The van der Waals surface area contributed by atoms with Gasteiger partial charge < -0.3 is 19.7 Å². The minimum absolute atomic E-state index is 0.123. The van der Waals surface area contributed by atoms with Gasteiger partial charge in [-0.1, -0.05) is 6.92 Å². The molecule has 0 saturated carbocycles. The zero-order valence-corrected chi connectivity index (χ0v) is 11.7. The Morgan fingerprint density at radius 3 is 1.59 bits per heavy atom. The molecule has 0 amide bonds. The second kappa shape index (κ2) is 20.7. The number of hydrogen-bond donors (Lipinski definition) is 2. The SMILES string of the molecule is CC(O)CO.CCOC(=O)CC.CCOCC. The smallest absolute Gasteiger partial charge is 0.305 e. The third-order valence-electron chi connectivity index (χ3n) is 1.27. The predicted molar refractivity (Wildman–Crippen MR) is 67.9 cm³/mol. The summed E-state index contributed by atoms with van der Waals surface area (Å²) in [5, 5.41) is 16.0. The van der Waals surface area contributed by atoms with E-state index in [1.807, 2.05) is 13.8 Å². The number of esters is 1. The molecule has 0 aromatic carbocycles. The first-order chi connectivity index (χ1) is 7.99. The molecule has 0 aromatic rings. The van der Waals surface area contributed by atoms with Gasteiger partial charge in [-0.05, 0) is 27.7 Å². The standard InChI is InChI=1S/C5H10O2.C4H10O.C3H8O2/c1-3-5(6)7-4-2;1-3-5-4-2;1-3(5)2-4/h3-4H2,1-2H3;3-4H2,1-2H3;3-5H,2H2,1H3. The first-order valence-electron chi connectivity index (χ1n) is 6.02. The van der Waals surface area contributed by atoms with Gasteiger partial charge in [0, 0.05) is 19.6 Å². The molecule has 0 aliphatic heterocycles. The first kappa shape index (κ1) is 21.6. The zero-order valence-electron chi connectivity index (χ0n) is 11.7. The summed E-state index contributed by atoms with van der Waals surface area (Å²) in [6, 6.07) is 0. The highest BCUT2D eigenvalue weighted by Crippen LogP contribution is 1.80. The molecule has 0 radical (unpaired) electrons. The van der Waals surface area contributed by atoms with E-state index in [-0.39, 0.29) is 12.6 Å². The molecule has 0 aromatic heterocycles. The van der Waals surface area contributed by atoms with Crippen LogP contribution in [0.1, 0.15) is 41.0 Å². The van der Waals surface area contributed by atoms with E-state index in [0.717, 1.165) is 13.2 Å². The maximum Gasteiger partial charge on any atom is 0.305 e. The molecule has 0 aliphatic carbocycles. The van der Waals surface area contributed by atoms with Gasteiger partial charge in [-0.15, -0.1) is 0 Å². The molecular formula is C12H28O5. The number of aliphatic hydroxyl groups excluding tert-OH is 2. The van der Waals surface area contributed by atoms with E-state index in [0.29, 0.717) is 13.0 Å². The molecule has 0 heterocycles. The van der Waals surface area contributed by atoms with Gasteiger partial charge >= 0.3 is 5.97 Å². The monoisotopic (exact) mass is 252 g/mol. The lowest BCUT2D eigenvalue weighted by atomic mass is 10.5. The third kappa shape index (κ3) is 39.2. The van der Waals surface area contributed by atoms with Gasteiger partial charge in [-0.3, -0.25) is 4.79 Å². The molecule has 17 heavy (non-hydrogen) atoms. The van der Waals surface area contributed by atoms with Gasteiger partial charge in [0.2, 0.25) is 0 Å². The van der Waals surface area contributed by atoms with Gasteiger partial charge in [0.25, 0.3) is 0 Å². The van der Waals surface area contributed by atoms with E-state index in [9.17, 15) is 4.79 Å². The first-order valence-corrected chi connectivity index (χ1v) is 6.02. The highest BCUT2D eigenvalue weighted by Gasteiger charge is 1.91. The van der Waals surface area contributed by atoms with Crippen molar-refractivity contribution in [3.8, 4) is 0 Å². The van der Waals surface area contributed by atoms with Crippen LogP contribution in [0.4, 0.5) is 0 Å². The maximum absolute atomic E-state index is 10.2. The van der Waals surface area contributed by atoms with E-state index >= 15 is 0 Å². The Kier molecular flexibility index (Phi) is 26.4. The number of ether oxygens (including phenoxy) is 2. The highest BCUT2D eigenvalue weighted by molar-refractivity contribution is 5.68. The Morgan fingerprint density at radius 1 is 1.12 bits per heavy atom. The quantitative estimate of drug-likeness (QED) is 0.723. The predicted octanol–water partition coefficient (Wildman–Crippen LogP) is 1.36. The minimum Gasteiger partial charge on any atom is -0.466 e. The summed E-state index contributed by atoms with van der Waals surface area (Å²) in [6.07, 6.45) is -0.0802. The average Bonchev–Trinajstić information content (AvgIpc) is 2.32. The minimum atomic E-state index is -0.560. The molecule has 0 bridgehead atoms. The van der Waals surface area contributed by atoms with E-state index in [4.69, 9.17) is 14.9 Å². The zero-order chi connectivity index (χ0) is 14.1. The molecule has 1 unspecified atom stereocenters. The van der Waals surface area contributed by atoms with Gasteiger partial charge in [0.05, 0.1) is 19.3 Å². The summed E-state index contributed by atoms with van der Waals surface area (Å²) >= 11 is 0. The van der Waals surface area contributed by atoms with Crippen molar-refractivity contribution >= 4 is 5.97 Å². The normalized spacial score (nSPS) is 10.3. The number of carbonyl (C=O) groups is 1. The molecule has 0 saturated heterocycles. The second-order valence-electron chi connectivity index (χ2n) is 2.97. The van der Waals surface area contributed by atoms with E-state index < -0.39 is 6.10 Å². The average molecular weight is 252 g/mol. The fourth-order valence-corrected chi connectivity index (χ4v) is 0.467. The van der Waals surface area contributed by atoms with Crippen molar-refractivity contribution in [1.82, 2.24) is 0 Å². The van der Waals surface area contributed by atoms with Gasteiger partial charge in [-0.2, -0.15) is 0 Å². The molecule has 1 atom stereocenters. The van der Waals surface area contributed by atoms with Crippen molar-refractivity contribution in [2.45, 2.75) is 47.1 Å². The van der Waals surface area contributed by atoms with Gasteiger partial charge in [-0.25, -0.2) is 0 Å². The fraction of sp³-hybridized carbons (Fsp3) is 0.917. The topological polar surface area (TPSA) is 76.0 Å². The van der Waals surface area contributed by atoms with Crippen molar-refractivity contribution < 1.29 is 24.5 Å². The van der Waals surface area contributed by atoms with Crippen LogP contribution >= 0.6 is 0 Å². The van der Waals surface area contributed by atoms with Crippen LogP contribution in [0, 0.1) is 0 Å². The molecule has 5 heteroatoms. The summed E-state index contributed by atoms with van der Waals surface area (Å²) in [5.41, 5.74) is 0. The van der Waals surface area contributed by atoms with Crippen molar-refractivity contribution in [1.29, 1.82) is 0 Å². The molecule has 5 nitrogen and oxygen atoms in total. The lowest BCUT2D eigenvalue weighted by molar-refractivity contribution is -0.142. The van der Waals surface area contributed by atoms with Crippen LogP contribution in [-0.2, 0) is 14.3 Å². The Balaban J connectivity index is -0.000000177.